The average molecular weight is 256 g/mol. The van der Waals surface area contributed by atoms with Crippen LogP contribution in [-0.4, -0.2) is 17.6 Å². The smallest absolute Gasteiger partial charge is 0.342 e. The first kappa shape index (κ1) is 12.0. The Morgan fingerprint density at radius 2 is 2.16 bits per heavy atom. The minimum absolute atomic E-state index is 0.342. The number of aromatic nitrogens is 1. The van der Waals surface area contributed by atoms with Crippen LogP contribution < -0.4 is 5.73 Å². The van der Waals surface area contributed by atoms with Gasteiger partial charge in [0.05, 0.1) is 23.5 Å². The molecule has 2 aromatic rings. The summed E-state index contributed by atoms with van der Waals surface area (Å²) in [6.45, 7) is 2.13. The molecule has 1 saturated carbocycles. The maximum absolute atomic E-state index is 12.1. The fraction of sp³-hybridized carbons (Fsp3) is 0.333. The van der Waals surface area contributed by atoms with Gasteiger partial charge in [-0.2, -0.15) is 0 Å². The highest BCUT2D eigenvalue weighted by molar-refractivity contribution is 6.05. The van der Waals surface area contributed by atoms with E-state index in [1.807, 2.05) is 24.3 Å². The van der Waals surface area contributed by atoms with E-state index in [2.05, 4.69) is 4.98 Å². The summed E-state index contributed by atoms with van der Waals surface area (Å²) in [7, 11) is 0. The Hall–Kier alpha value is -2.10. The molecule has 19 heavy (non-hydrogen) atoms. The zero-order valence-electron chi connectivity index (χ0n) is 10.8. The number of nitrogen functional groups attached to an aromatic ring is 1. The molecule has 1 aliphatic carbocycles. The second kappa shape index (κ2) is 4.53. The number of nitrogens with zero attached hydrogens (tertiary/aromatic N) is 1. The van der Waals surface area contributed by atoms with Crippen LogP contribution in [0.3, 0.4) is 0 Å². The molecule has 0 bridgehead atoms. The number of carbonyl (C=O) groups excluding carboxylic acids is 1. The van der Waals surface area contributed by atoms with E-state index in [0.29, 0.717) is 23.8 Å². The molecule has 2 N–H and O–H groups in total. The van der Waals surface area contributed by atoms with Crippen molar-refractivity contribution in [3.63, 3.8) is 0 Å². The molecule has 0 spiro atoms. The Labute approximate surface area is 111 Å². The molecule has 0 aliphatic heterocycles. The van der Waals surface area contributed by atoms with Gasteiger partial charge in [-0.3, -0.25) is 4.98 Å². The number of esters is 1. The monoisotopic (exact) mass is 256 g/mol. The SMILES string of the molecule is CCOC(=O)c1c(C2CC2)nc2ccccc2c1N. The van der Waals surface area contributed by atoms with Gasteiger partial charge in [-0.25, -0.2) is 4.79 Å². The van der Waals surface area contributed by atoms with Crippen molar-refractivity contribution in [2.45, 2.75) is 25.7 Å². The van der Waals surface area contributed by atoms with Crippen molar-refractivity contribution in [2.75, 3.05) is 12.3 Å². The van der Waals surface area contributed by atoms with Crippen LogP contribution in [-0.2, 0) is 4.74 Å². The van der Waals surface area contributed by atoms with Crippen LogP contribution >= 0.6 is 0 Å². The van der Waals surface area contributed by atoms with Gasteiger partial charge in [0.15, 0.2) is 0 Å². The van der Waals surface area contributed by atoms with Gasteiger partial charge in [0.2, 0.25) is 0 Å². The third-order valence-electron chi connectivity index (χ3n) is 3.40. The number of anilines is 1. The molecule has 1 heterocycles. The molecule has 98 valence electrons. The van der Waals surface area contributed by atoms with Gasteiger partial charge in [-0.15, -0.1) is 0 Å². The predicted octanol–water partition coefficient (Wildman–Crippen LogP) is 2.87. The van der Waals surface area contributed by atoms with Crippen LogP contribution in [0, 0.1) is 0 Å². The number of carbonyl (C=O) groups is 1. The number of fused-ring (bicyclic) bond motifs is 1. The summed E-state index contributed by atoms with van der Waals surface area (Å²) in [6, 6.07) is 7.63. The molecule has 0 radical (unpaired) electrons. The Balaban J connectivity index is 2.24. The van der Waals surface area contributed by atoms with E-state index >= 15 is 0 Å². The van der Waals surface area contributed by atoms with E-state index in [-0.39, 0.29) is 5.97 Å². The number of ether oxygens (including phenoxy) is 1. The van der Waals surface area contributed by atoms with Gasteiger partial charge in [0, 0.05) is 11.3 Å². The number of nitrogens with two attached hydrogens (primary N) is 1. The molecule has 4 heteroatoms. The number of benzene rings is 1. The Morgan fingerprint density at radius 1 is 1.42 bits per heavy atom. The second-order valence-electron chi connectivity index (χ2n) is 4.80. The lowest BCUT2D eigenvalue weighted by atomic mass is 10.0. The van der Waals surface area contributed by atoms with Crippen molar-refractivity contribution >= 4 is 22.6 Å². The maximum Gasteiger partial charge on any atom is 0.342 e. The van der Waals surface area contributed by atoms with Crippen LogP contribution in [0.25, 0.3) is 10.9 Å². The molecule has 1 aromatic heterocycles. The van der Waals surface area contributed by atoms with Gasteiger partial charge in [0.25, 0.3) is 0 Å². The topological polar surface area (TPSA) is 65.2 Å². The van der Waals surface area contributed by atoms with E-state index < -0.39 is 0 Å². The van der Waals surface area contributed by atoms with Crippen molar-refractivity contribution in [3.05, 3.63) is 35.5 Å². The van der Waals surface area contributed by atoms with Crippen molar-refractivity contribution in [2.24, 2.45) is 0 Å². The van der Waals surface area contributed by atoms with E-state index in [4.69, 9.17) is 10.5 Å². The van der Waals surface area contributed by atoms with Crippen LogP contribution in [0.5, 0.6) is 0 Å². The van der Waals surface area contributed by atoms with E-state index in [1.165, 1.54) is 0 Å². The molecule has 1 fully saturated rings. The van der Waals surface area contributed by atoms with E-state index in [9.17, 15) is 4.79 Å². The van der Waals surface area contributed by atoms with Gasteiger partial charge in [-0.05, 0) is 25.8 Å². The molecule has 0 atom stereocenters. The van der Waals surface area contributed by atoms with Crippen molar-refractivity contribution in [1.29, 1.82) is 0 Å². The number of rotatable bonds is 3. The summed E-state index contributed by atoms with van der Waals surface area (Å²) in [5, 5.41) is 0.815. The molecule has 1 aromatic carbocycles. The highest BCUT2D eigenvalue weighted by Gasteiger charge is 2.32. The van der Waals surface area contributed by atoms with Crippen molar-refractivity contribution in [3.8, 4) is 0 Å². The van der Waals surface area contributed by atoms with Gasteiger partial charge < -0.3 is 10.5 Å². The first-order chi connectivity index (χ1) is 9.22. The Kier molecular flexibility index (Phi) is 2.85. The van der Waals surface area contributed by atoms with Gasteiger partial charge in [0.1, 0.15) is 5.56 Å². The van der Waals surface area contributed by atoms with E-state index in [0.717, 1.165) is 29.4 Å². The lowest BCUT2D eigenvalue weighted by molar-refractivity contribution is 0.0526. The summed E-state index contributed by atoms with van der Waals surface area (Å²) in [5.74, 6) is -0.00790. The average Bonchev–Trinajstić information content (AvgIpc) is 3.23. The molecule has 4 nitrogen and oxygen atoms in total. The number of hydrogen-bond donors (Lipinski definition) is 1. The third-order valence-corrected chi connectivity index (χ3v) is 3.40. The second-order valence-corrected chi connectivity index (χ2v) is 4.80. The molecular formula is C15H16N2O2. The highest BCUT2D eigenvalue weighted by Crippen LogP contribution is 2.43. The molecule has 0 saturated heterocycles. The third kappa shape index (κ3) is 2.03. The zero-order chi connectivity index (χ0) is 13.4. The first-order valence-electron chi connectivity index (χ1n) is 6.57. The lowest BCUT2D eigenvalue weighted by Crippen LogP contribution is -2.13. The molecular weight excluding hydrogens is 240 g/mol. The van der Waals surface area contributed by atoms with Gasteiger partial charge >= 0.3 is 5.97 Å². The first-order valence-corrected chi connectivity index (χ1v) is 6.57. The van der Waals surface area contributed by atoms with Crippen LogP contribution in [0.2, 0.25) is 0 Å². The number of para-hydroxylation sites is 1. The molecule has 0 unspecified atom stereocenters. The lowest BCUT2D eigenvalue weighted by Gasteiger charge is -2.13. The Morgan fingerprint density at radius 3 is 2.84 bits per heavy atom. The number of hydrogen-bond acceptors (Lipinski definition) is 4. The maximum atomic E-state index is 12.1. The van der Waals surface area contributed by atoms with Crippen molar-refractivity contribution in [1.82, 2.24) is 4.98 Å². The van der Waals surface area contributed by atoms with Crippen LogP contribution in [0.15, 0.2) is 24.3 Å². The quantitative estimate of drug-likeness (QED) is 0.857. The summed E-state index contributed by atoms with van der Waals surface area (Å²) >= 11 is 0. The van der Waals surface area contributed by atoms with Crippen LogP contribution in [0.4, 0.5) is 5.69 Å². The minimum Gasteiger partial charge on any atom is -0.462 e. The van der Waals surface area contributed by atoms with Crippen molar-refractivity contribution < 1.29 is 9.53 Å². The fourth-order valence-electron chi connectivity index (χ4n) is 2.33. The summed E-state index contributed by atoms with van der Waals surface area (Å²) in [5.41, 5.74) is 8.77. The summed E-state index contributed by atoms with van der Waals surface area (Å²) in [4.78, 5) is 16.7. The normalized spacial score (nSPS) is 14.6. The number of pyridine rings is 1. The summed E-state index contributed by atoms with van der Waals surface area (Å²) < 4.78 is 5.12. The zero-order valence-corrected chi connectivity index (χ0v) is 10.8. The Bertz CT molecular complexity index is 648. The molecule has 1 aliphatic rings. The predicted molar refractivity (Wildman–Crippen MR) is 74.1 cm³/mol. The van der Waals surface area contributed by atoms with Gasteiger partial charge in [-0.1, -0.05) is 18.2 Å². The largest absolute Gasteiger partial charge is 0.462 e. The van der Waals surface area contributed by atoms with Crippen LogP contribution in [0.1, 0.15) is 41.7 Å². The summed E-state index contributed by atoms with van der Waals surface area (Å²) in [6.07, 6.45) is 2.13. The van der Waals surface area contributed by atoms with E-state index in [1.54, 1.807) is 6.92 Å². The molecule has 0 amide bonds. The standard InChI is InChI=1S/C15H16N2O2/c1-2-19-15(18)12-13(16)10-5-3-4-6-11(10)17-14(12)9-7-8-9/h3-6,9H,2,7-8H2,1H3,(H2,16,17). The fourth-order valence-corrected chi connectivity index (χ4v) is 2.33. The minimum atomic E-state index is -0.361. The molecule has 3 rings (SSSR count). The highest BCUT2D eigenvalue weighted by atomic mass is 16.5.